The third-order valence-electron chi connectivity index (χ3n) is 3.32. The molecule has 0 aliphatic carbocycles. The summed E-state index contributed by atoms with van der Waals surface area (Å²) in [5.74, 6) is 0.587. The lowest BCUT2D eigenvalue weighted by Crippen LogP contribution is -2.45. The van der Waals surface area contributed by atoms with Gasteiger partial charge in [0.2, 0.25) is 0 Å². The van der Waals surface area contributed by atoms with Crippen LogP contribution >= 0.6 is 0 Å². The molecule has 1 fully saturated rings. The van der Waals surface area contributed by atoms with Crippen molar-refractivity contribution < 1.29 is 9.90 Å². The molecule has 0 aromatic carbocycles. The van der Waals surface area contributed by atoms with Crippen LogP contribution in [0.15, 0.2) is 18.2 Å². The van der Waals surface area contributed by atoms with Crippen LogP contribution in [0.1, 0.15) is 29.8 Å². The highest BCUT2D eigenvalue weighted by Gasteiger charge is 2.27. The lowest BCUT2D eigenvalue weighted by Gasteiger charge is -2.34. The van der Waals surface area contributed by atoms with Gasteiger partial charge < -0.3 is 15.3 Å². The Morgan fingerprint density at radius 2 is 2.39 bits per heavy atom. The maximum atomic E-state index is 12.4. The van der Waals surface area contributed by atoms with Crippen molar-refractivity contribution in [3.63, 3.8) is 0 Å². The molecular weight excluding hydrogens is 230 g/mol. The van der Waals surface area contributed by atoms with E-state index in [1.165, 1.54) is 0 Å². The van der Waals surface area contributed by atoms with E-state index in [1.807, 2.05) is 12.1 Å². The van der Waals surface area contributed by atoms with Crippen LogP contribution in [0.25, 0.3) is 0 Å². The Morgan fingerprint density at radius 3 is 3.11 bits per heavy atom. The number of hydrogen-bond acceptors (Lipinski definition) is 4. The van der Waals surface area contributed by atoms with Crippen LogP contribution in [0.4, 0.5) is 5.82 Å². The van der Waals surface area contributed by atoms with Crippen LogP contribution in [-0.4, -0.2) is 47.1 Å². The summed E-state index contributed by atoms with van der Waals surface area (Å²) >= 11 is 0. The monoisotopic (exact) mass is 249 g/mol. The summed E-state index contributed by atoms with van der Waals surface area (Å²) in [6.45, 7) is 0.729. The summed E-state index contributed by atoms with van der Waals surface area (Å²) in [5, 5.41) is 12.3. The molecule has 0 saturated carbocycles. The molecule has 5 heteroatoms. The van der Waals surface area contributed by atoms with Crippen molar-refractivity contribution >= 4 is 11.7 Å². The van der Waals surface area contributed by atoms with Gasteiger partial charge in [0.1, 0.15) is 11.5 Å². The Labute approximate surface area is 107 Å². The van der Waals surface area contributed by atoms with Crippen LogP contribution < -0.4 is 5.32 Å². The smallest absolute Gasteiger partial charge is 0.272 e. The number of pyridine rings is 1. The molecule has 1 unspecified atom stereocenters. The van der Waals surface area contributed by atoms with Gasteiger partial charge in [-0.05, 0) is 31.4 Å². The minimum Gasteiger partial charge on any atom is -0.394 e. The number of carbonyl (C=O) groups is 1. The summed E-state index contributed by atoms with van der Waals surface area (Å²) < 4.78 is 0. The van der Waals surface area contributed by atoms with E-state index in [1.54, 1.807) is 18.0 Å². The standard InChI is InChI=1S/C13H19N3O2/c1-14-12-7-4-6-11(15-12)13(18)16-8-3-2-5-10(16)9-17/h4,6-7,10,17H,2-3,5,8-9H2,1H3,(H,14,15). The molecule has 0 radical (unpaired) electrons. The molecule has 2 rings (SSSR count). The van der Waals surface area contributed by atoms with E-state index < -0.39 is 0 Å². The molecule has 1 aromatic rings. The minimum atomic E-state index is -0.0918. The second kappa shape index (κ2) is 5.82. The number of aliphatic hydroxyl groups excluding tert-OH is 1. The summed E-state index contributed by atoms with van der Waals surface area (Å²) in [6, 6.07) is 5.28. The number of likely N-dealkylation sites (tertiary alicyclic amines) is 1. The predicted octanol–water partition coefficient (Wildman–Crippen LogP) is 1.11. The van der Waals surface area contributed by atoms with Crippen LogP contribution in [0.5, 0.6) is 0 Å². The van der Waals surface area contributed by atoms with Gasteiger partial charge in [-0.3, -0.25) is 4.79 Å². The highest BCUT2D eigenvalue weighted by molar-refractivity contribution is 5.93. The maximum absolute atomic E-state index is 12.4. The number of nitrogens with one attached hydrogen (secondary N) is 1. The molecule has 0 bridgehead atoms. The van der Waals surface area contributed by atoms with Gasteiger partial charge in [0, 0.05) is 13.6 Å². The quantitative estimate of drug-likeness (QED) is 0.842. The van der Waals surface area contributed by atoms with Crippen molar-refractivity contribution in [1.29, 1.82) is 0 Å². The van der Waals surface area contributed by atoms with E-state index in [4.69, 9.17) is 0 Å². The predicted molar refractivity (Wildman–Crippen MR) is 69.5 cm³/mol. The lowest BCUT2D eigenvalue weighted by molar-refractivity contribution is 0.0497. The van der Waals surface area contributed by atoms with Gasteiger partial charge >= 0.3 is 0 Å². The first kappa shape index (κ1) is 12.8. The second-order valence-electron chi connectivity index (χ2n) is 4.49. The number of aliphatic hydroxyl groups is 1. The topological polar surface area (TPSA) is 65.5 Å². The van der Waals surface area contributed by atoms with Crippen molar-refractivity contribution in [2.75, 3.05) is 25.5 Å². The summed E-state index contributed by atoms with van der Waals surface area (Å²) in [5.41, 5.74) is 0.433. The molecule has 0 spiro atoms. The third kappa shape index (κ3) is 2.61. The second-order valence-corrected chi connectivity index (χ2v) is 4.49. The Morgan fingerprint density at radius 1 is 1.56 bits per heavy atom. The molecule has 1 aromatic heterocycles. The summed E-state index contributed by atoms with van der Waals surface area (Å²) in [4.78, 5) is 18.4. The van der Waals surface area contributed by atoms with E-state index >= 15 is 0 Å². The van der Waals surface area contributed by atoms with E-state index in [9.17, 15) is 9.90 Å². The van der Waals surface area contributed by atoms with Crippen molar-refractivity contribution in [2.24, 2.45) is 0 Å². The number of amides is 1. The molecule has 1 saturated heterocycles. The first-order chi connectivity index (χ1) is 8.76. The van der Waals surface area contributed by atoms with Crippen LogP contribution in [0, 0.1) is 0 Å². The average molecular weight is 249 g/mol. The first-order valence-electron chi connectivity index (χ1n) is 6.33. The summed E-state index contributed by atoms with van der Waals surface area (Å²) in [6.07, 6.45) is 2.93. The number of piperidine rings is 1. The third-order valence-corrected chi connectivity index (χ3v) is 3.32. The van der Waals surface area contributed by atoms with Crippen LogP contribution in [-0.2, 0) is 0 Å². The molecular formula is C13H19N3O2. The number of aromatic nitrogens is 1. The lowest BCUT2D eigenvalue weighted by atomic mass is 10.0. The normalized spacial score (nSPS) is 19.7. The van der Waals surface area contributed by atoms with Gasteiger partial charge in [-0.25, -0.2) is 4.98 Å². The SMILES string of the molecule is CNc1cccc(C(=O)N2CCCCC2CO)n1. The molecule has 2 heterocycles. The molecule has 1 aliphatic rings. The van der Waals surface area contributed by atoms with Gasteiger partial charge in [0.15, 0.2) is 0 Å². The molecule has 18 heavy (non-hydrogen) atoms. The number of hydrogen-bond donors (Lipinski definition) is 2. The Hall–Kier alpha value is -1.62. The zero-order valence-electron chi connectivity index (χ0n) is 10.6. The van der Waals surface area contributed by atoms with E-state index in [-0.39, 0.29) is 18.6 Å². The molecule has 1 amide bonds. The Bertz CT molecular complexity index is 422. The maximum Gasteiger partial charge on any atom is 0.272 e. The van der Waals surface area contributed by atoms with E-state index in [0.717, 1.165) is 19.3 Å². The van der Waals surface area contributed by atoms with Crippen LogP contribution in [0.2, 0.25) is 0 Å². The highest BCUT2D eigenvalue weighted by Crippen LogP contribution is 2.19. The van der Waals surface area contributed by atoms with Gasteiger partial charge in [-0.2, -0.15) is 0 Å². The van der Waals surface area contributed by atoms with Gasteiger partial charge in [-0.1, -0.05) is 6.07 Å². The zero-order chi connectivity index (χ0) is 13.0. The molecule has 98 valence electrons. The number of rotatable bonds is 3. The Kier molecular flexibility index (Phi) is 4.15. The van der Waals surface area contributed by atoms with Crippen molar-refractivity contribution in [1.82, 2.24) is 9.88 Å². The molecule has 1 atom stereocenters. The highest BCUT2D eigenvalue weighted by atomic mass is 16.3. The van der Waals surface area contributed by atoms with Gasteiger partial charge in [-0.15, -0.1) is 0 Å². The molecule has 5 nitrogen and oxygen atoms in total. The van der Waals surface area contributed by atoms with Gasteiger partial charge in [0.05, 0.1) is 12.6 Å². The number of carbonyl (C=O) groups excluding carboxylic acids is 1. The van der Waals surface area contributed by atoms with Gasteiger partial charge in [0.25, 0.3) is 5.91 Å². The first-order valence-corrected chi connectivity index (χ1v) is 6.33. The zero-order valence-corrected chi connectivity index (χ0v) is 10.6. The molecule has 1 aliphatic heterocycles. The summed E-state index contributed by atoms with van der Waals surface area (Å²) in [7, 11) is 1.77. The number of nitrogens with zero attached hydrogens (tertiary/aromatic N) is 2. The van der Waals surface area contributed by atoms with Crippen molar-refractivity contribution in [2.45, 2.75) is 25.3 Å². The average Bonchev–Trinajstić information content (AvgIpc) is 2.46. The van der Waals surface area contributed by atoms with E-state index in [0.29, 0.717) is 18.1 Å². The Balaban J connectivity index is 2.18. The molecule has 2 N–H and O–H groups in total. The fourth-order valence-electron chi connectivity index (χ4n) is 2.30. The van der Waals surface area contributed by atoms with Crippen molar-refractivity contribution in [3.8, 4) is 0 Å². The van der Waals surface area contributed by atoms with Crippen LogP contribution in [0.3, 0.4) is 0 Å². The largest absolute Gasteiger partial charge is 0.394 e. The minimum absolute atomic E-state index is 0.0253. The fraction of sp³-hybridized carbons (Fsp3) is 0.538. The fourth-order valence-corrected chi connectivity index (χ4v) is 2.30. The number of anilines is 1. The van der Waals surface area contributed by atoms with E-state index in [2.05, 4.69) is 10.3 Å². The van der Waals surface area contributed by atoms with Crippen molar-refractivity contribution in [3.05, 3.63) is 23.9 Å².